The minimum Gasteiger partial charge on any atom is -0.490 e. The van der Waals surface area contributed by atoms with Gasteiger partial charge in [-0.25, -0.2) is 4.39 Å². The van der Waals surface area contributed by atoms with Gasteiger partial charge in [-0.15, -0.1) is 0 Å². The largest absolute Gasteiger partial charge is 0.490 e. The topological polar surface area (TPSA) is 46.6 Å². The van der Waals surface area contributed by atoms with Gasteiger partial charge in [-0.1, -0.05) is 6.07 Å². The van der Waals surface area contributed by atoms with Crippen molar-refractivity contribution < 1.29 is 18.1 Å². The maximum absolute atomic E-state index is 13.9. The van der Waals surface area contributed by atoms with Crippen LogP contribution in [0.5, 0.6) is 5.75 Å². The standard InChI is InChI=1S/C15H20FNO3S/c1-4-20-14-12(6-5-7-13(14)16)15(18)17-8-9-21(19)11(3)10(17)2/h5-7,10-11H,4,8-9H2,1-3H3. The zero-order valence-electron chi connectivity index (χ0n) is 12.5. The highest BCUT2D eigenvalue weighted by Crippen LogP contribution is 2.27. The number of halogens is 1. The molecule has 0 spiro atoms. The quantitative estimate of drug-likeness (QED) is 0.859. The van der Waals surface area contributed by atoms with E-state index in [9.17, 15) is 13.4 Å². The van der Waals surface area contributed by atoms with E-state index in [4.69, 9.17) is 4.74 Å². The van der Waals surface area contributed by atoms with Gasteiger partial charge >= 0.3 is 0 Å². The van der Waals surface area contributed by atoms with Crippen LogP contribution in [0.25, 0.3) is 0 Å². The average molecular weight is 313 g/mol. The zero-order chi connectivity index (χ0) is 15.6. The Morgan fingerprint density at radius 3 is 2.86 bits per heavy atom. The maximum Gasteiger partial charge on any atom is 0.258 e. The van der Waals surface area contributed by atoms with Crippen LogP contribution in [-0.2, 0) is 10.8 Å². The Morgan fingerprint density at radius 1 is 1.48 bits per heavy atom. The highest BCUT2D eigenvalue weighted by molar-refractivity contribution is 7.85. The van der Waals surface area contributed by atoms with Crippen molar-refractivity contribution in [1.82, 2.24) is 4.90 Å². The number of amides is 1. The van der Waals surface area contributed by atoms with Gasteiger partial charge in [-0.2, -0.15) is 0 Å². The van der Waals surface area contributed by atoms with Crippen LogP contribution in [0, 0.1) is 5.82 Å². The molecule has 2 rings (SSSR count). The van der Waals surface area contributed by atoms with Crippen LogP contribution >= 0.6 is 0 Å². The van der Waals surface area contributed by atoms with Gasteiger partial charge in [0.1, 0.15) is 0 Å². The van der Waals surface area contributed by atoms with Crippen molar-refractivity contribution in [1.29, 1.82) is 0 Å². The molecule has 1 heterocycles. The predicted octanol–water partition coefficient (Wildman–Crippen LogP) is 2.21. The van der Waals surface area contributed by atoms with Crippen molar-refractivity contribution in [2.45, 2.75) is 32.1 Å². The molecule has 1 aliphatic heterocycles. The molecule has 1 saturated heterocycles. The Bertz CT molecular complexity index is 564. The third-order valence-corrected chi connectivity index (χ3v) is 5.67. The third-order valence-electron chi connectivity index (χ3n) is 3.87. The monoisotopic (exact) mass is 313 g/mol. The Morgan fingerprint density at radius 2 is 2.19 bits per heavy atom. The van der Waals surface area contributed by atoms with E-state index in [2.05, 4.69) is 0 Å². The molecule has 3 unspecified atom stereocenters. The summed E-state index contributed by atoms with van der Waals surface area (Å²) in [5, 5.41) is -0.0909. The van der Waals surface area contributed by atoms with E-state index in [1.807, 2.05) is 13.8 Å². The summed E-state index contributed by atoms with van der Waals surface area (Å²) in [4.78, 5) is 14.3. The number of rotatable bonds is 3. The van der Waals surface area contributed by atoms with Gasteiger partial charge < -0.3 is 9.64 Å². The minimum absolute atomic E-state index is 0.00320. The summed E-state index contributed by atoms with van der Waals surface area (Å²) in [7, 11) is -0.921. The third kappa shape index (κ3) is 3.10. The molecule has 0 saturated carbocycles. The number of hydrogen-bond acceptors (Lipinski definition) is 3. The molecule has 6 heteroatoms. The first kappa shape index (κ1) is 15.9. The molecule has 4 nitrogen and oxygen atoms in total. The second-order valence-corrected chi connectivity index (χ2v) is 6.99. The molecule has 0 radical (unpaired) electrons. The van der Waals surface area contributed by atoms with E-state index < -0.39 is 16.6 Å². The van der Waals surface area contributed by atoms with Crippen molar-refractivity contribution >= 4 is 16.7 Å². The first-order valence-corrected chi connectivity index (χ1v) is 8.45. The van der Waals surface area contributed by atoms with Gasteiger partial charge in [0.2, 0.25) is 0 Å². The lowest BCUT2D eigenvalue weighted by Gasteiger charge is -2.37. The normalized spacial score (nSPS) is 25.7. The number of nitrogens with zero attached hydrogens (tertiary/aromatic N) is 1. The van der Waals surface area contributed by atoms with Crippen LogP contribution in [0.2, 0.25) is 0 Å². The molecule has 21 heavy (non-hydrogen) atoms. The number of benzene rings is 1. The second-order valence-electron chi connectivity index (χ2n) is 5.08. The van der Waals surface area contributed by atoms with Crippen LogP contribution in [0.1, 0.15) is 31.1 Å². The zero-order valence-corrected chi connectivity index (χ0v) is 13.3. The first-order valence-electron chi connectivity index (χ1n) is 7.06. The average Bonchev–Trinajstić information content (AvgIpc) is 2.46. The molecule has 116 valence electrons. The van der Waals surface area contributed by atoms with Gasteiger partial charge in [0.15, 0.2) is 11.6 Å². The molecule has 1 aromatic carbocycles. The van der Waals surface area contributed by atoms with E-state index in [1.165, 1.54) is 12.1 Å². The fourth-order valence-corrected chi connectivity index (χ4v) is 3.80. The molecule has 1 aromatic rings. The molecular formula is C15H20FNO3S. The van der Waals surface area contributed by atoms with E-state index in [1.54, 1.807) is 17.9 Å². The Hall–Kier alpha value is -1.43. The molecule has 1 aliphatic rings. The van der Waals surface area contributed by atoms with Crippen molar-refractivity contribution in [3.05, 3.63) is 29.6 Å². The smallest absolute Gasteiger partial charge is 0.258 e. The van der Waals surface area contributed by atoms with Gasteiger partial charge in [-0.05, 0) is 32.9 Å². The Kier molecular flexibility index (Phi) is 4.98. The van der Waals surface area contributed by atoms with E-state index in [0.29, 0.717) is 12.3 Å². The molecule has 0 aliphatic carbocycles. The lowest BCUT2D eigenvalue weighted by Crippen LogP contribution is -2.52. The highest BCUT2D eigenvalue weighted by Gasteiger charge is 2.34. The van der Waals surface area contributed by atoms with Gasteiger partial charge in [0, 0.05) is 29.1 Å². The maximum atomic E-state index is 13.9. The lowest BCUT2D eigenvalue weighted by atomic mass is 10.1. The van der Waals surface area contributed by atoms with Crippen LogP contribution in [0.15, 0.2) is 18.2 Å². The molecule has 3 atom stereocenters. The lowest BCUT2D eigenvalue weighted by molar-refractivity contribution is 0.0690. The number of carbonyl (C=O) groups is 1. The van der Waals surface area contributed by atoms with Crippen LogP contribution in [0.3, 0.4) is 0 Å². The number of hydrogen-bond donors (Lipinski definition) is 0. The fourth-order valence-electron chi connectivity index (χ4n) is 2.46. The molecular weight excluding hydrogens is 293 g/mol. The number of para-hydroxylation sites is 1. The van der Waals surface area contributed by atoms with Gasteiger partial charge in [0.05, 0.1) is 17.4 Å². The van der Waals surface area contributed by atoms with Crippen molar-refractivity contribution in [2.24, 2.45) is 0 Å². The highest BCUT2D eigenvalue weighted by atomic mass is 32.2. The first-order chi connectivity index (χ1) is 9.97. The summed E-state index contributed by atoms with van der Waals surface area (Å²) < 4.78 is 31.0. The Labute approximate surface area is 126 Å². The summed E-state index contributed by atoms with van der Waals surface area (Å²) in [5.74, 6) is -0.356. The molecule has 0 N–H and O–H groups in total. The van der Waals surface area contributed by atoms with E-state index in [-0.39, 0.29) is 35.1 Å². The predicted molar refractivity (Wildman–Crippen MR) is 80.5 cm³/mol. The molecule has 1 fully saturated rings. The summed E-state index contributed by atoms with van der Waals surface area (Å²) in [6, 6.07) is 4.20. The van der Waals surface area contributed by atoms with Crippen LogP contribution in [0.4, 0.5) is 4.39 Å². The fraction of sp³-hybridized carbons (Fsp3) is 0.533. The van der Waals surface area contributed by atoms with Crippen LogP contribution in [-0.4, -0.2) is 45.2 Å². The molecule has 0 aromatic heterocycles. The molecule has 1 amide bonds. The number of carbonyl (C=O) groups excluding carboxylic acids is 1. The van der Waals surface area contributed by atoms with Crippen molar-refractivity contribution in [2.75, 3.05) is 18.9 Å². The summed E-state index contributed by atoms with van der Waals surface area (Å²) in [6.45, 7) is 6.19. The van der Waals surface area contributed by atoms with E-state index in [0.717, 1.165) is 0 Å². The summed E-state index contributed by atoms with van der Waals surface area (Å²) in [5.41, 5.74) is 0.226. The van der Waals surface area contributed by atoms with Crippen LogP contribution < -0.4 is 4.74 Å². The summed E-state index contributed by atoms with van der Waals surface area (Å²) >= 11 is 0. The van der Waals surface area contributed by atoms with Crippen molar-refractivity contribution in [3.8, 4) is 5.75 Å². The van der Waals surface area contributed by atoms with Gasteiger partial charge in [-0.3, -0.25) is 9.00 Å². The minimum atomic E-state index is -0.921. The van der Waals surface area contributed by atoms with Gasteiger partial charge in [0.25, 0.3) is 5.91 Å². The van der Waals surface area contributed by atoms with Crippen molar-refractivity contribution in [3.63, 3.8) is 0 Å². The second kappa shape index (κ2) is 6.56. The Balaban J connectivity index is 2.32. The van der Waals surface area contributed by atoms with E-state index >= 15 is 0 Å². The molecule has 0 bridgehead atoms. The SMILES string of the molecule is CCOc1c(F)cccc1C(=O)N1CCS(=O)C(C)C1C. The number of ether oxygens (including phenoxy) is 1. The summed E-state index contributed by atoms with van der Waals surface area (Å²) in [6.07, 6.45) is 0.